The van der Waals surface area contributed by atoms with Crippen LogP contribution in [0.5, 0.6) is 5.75 Å². The van der Waals surface area contributed by atoms with Crippen molar-refractivity contribution in [3.63, 3.8) is 0 Å². The molecule has 1 aromatic rings. The summed E-state index contributed by atoms with van der Waals surface area (Å²) in [4.78, 5) is 0. The van der Waals surface area contributed by atoms with Crippen LogP contribution in [0.2, 0.25) is 0 Å². The molecule has 1 atom stereocenters. The van der Waals surface area contributed by atoms with E-state index in [1.165, 1.54) is 5.56 Å². The van der Waals surface area contributed by atoms with Gasteiger partial charge in [-0.05, 0) is 49.1 Å². The lowest BCUT2D eigenvalue weighted by Crippen LogP contribution is -2.18. The van der Waals surface area contributed by atoms with E-state index in [2.05, 4.69) is 6.92 Å². The molecule has 0 amide bonds. The van der Waals surface area contributed by atoms with Gasteiger partial charge in [0.05, 0.1) is 13.7 Å². The second kappa shape index (κ2) is 5.32. The summed E-state index contributed by atoms with van der Waals surface area (Å²) in [6, 6.07) is 2.01. The van der Waals surface area contributed by atoms with Gasteiger partial charge in [-0.3, -0.25) is 0 Å². The van der Waals surface area contributed by atoms with E-state index in [1.807, 2.05) is 19.9 Å². The summed E-state index contributed by atoms with van der Waals surface area (Å²) >= 11 is 0. The molecule has 3 N–H and O–H groups in total. The molecule has 0 bridgehead atoms. The average Bonchev–Trinajstić information content (AvgIpc) is 2.29. The zero-order chi connectivity index (χ0) is 12.3. The highest BCUT2D eigenvalue weighted by Crippen LogP contribution is 2.31. The summed E-state index contributed by atoms with van der Waals surface area (Å²) in [5.74, 6) is 0.914. The summed E-state index contributed by atoms with van der Waals surface area (Å²) < 4.78 is 5.31. The normalized spacial score (nSPS) is 12.6. The van der Waals surface area contributed by atoms with E-state index < -0.39 is 0 Å². The van der Waals surface area contributed by atoms with E-state index >= 15 is 0 Å². The van der Waals surface area contributed by atoms with Crippen LogP contribution in [0.4, 0.5) is 0 Å². The van der Waals surface area contributed by atoms with Gasteiger partial charge in [0.2, 0.25) is 0 Å². The van der Waals surface area contributed by atoms with Crippen molar-refractivity contribution in [2.75, 3.05) is 20.3 Å². The number of rotatable bonds is 4. The summed E-state index contributed by atoms with van der Waals surface area (Å²) in [6.07, 6.45) is 0. The molecule has 0 saturated heterocycles. The zero-order valence-electron chi connectivity index (χ0n) is 10.5. The summed E-state index contributed by atoms with van der Waals surface area (Å²) in [5.41, 5.74) is 10.3. The van der Waals surface area contributed by atoms with E-state index in [0.717, 1.165) is 22.4 Å². The number of hydrogen-bond acceptors (Lipinski definition) is 3. The fourth-order valence-electron chi connectivity index (χ4n) is 2.19. The Morgan fingerprint density at radius 2 is 1.94 bits per heavy atom. The molecule has 0 spiro atoms. The molecule has 0 fully saturated rings. The number of aliphatic hydroxyl groups excluding tert-OH is 1. The lowest BCUT2D eigenvalue weighted by Gasteiger charge is -2.21. The minimum Gasteiger partial charge on any atom is -0.496 e. The fourth-order valence-corrected chi connectivity index (χ4v) is 2.19. The van der Waals surface area contributed by atoms with Gasteiger partial charge in [0.15, 0.2) is 0 Å². The minimum atomic E-state index is 0.0182. The van der Waals surface area contributed by atoms with Gasteiger partial charge in [-0.25, -0.2) is 0 Å². The van der Waals surface area contributed by atoms with Gasteiger partial charge in [0.25, 0.3) is 0 Å². The van der Waals surface area contributed by atoms with Crippen LogP contribution < -0.4 is 10.5 Å². The first-order valence-corrected chi connectivity index (χ1v) is 5.52. The molecular formula is C13H21NO2. The predicted molar refractivity (Wildman–Crippen MR) is 66.1 cm³/mol. The lowest BCUT2D eigenvalue weighted by molar-refractivity contribution is 0.267. The van der Waals surface area contributed by atoms with E-state index in [0.29, 0.717) is 6.54 Å². The standard InChI is InChI=1S/C13H21NO2/c1-8-5-12(16-4)9(2)10(3)13(8)11(6-14)7-15/h5,11,15H,6-7,14H2,1-4H3. The van der Waals surface area contributed by atoms with Crippen molar-refractivity contribution in [2.45, 2.75) is 26.7 Å². The average molecular weight is 223 g/mol. The molecule has 0 aliphatic heterocycles. The molecule has 16 heavy (non-hydrogen) atoms. The van der Waals surface area contributed by atoms with Gasteiger partial charge in [0, 0.05) is 12.5 Å². The van der Waals surface area contributed by atoms with Crippen LogP contribution in [0.3, 0.4) is 0 Å². The van der Waals surface area contributed by atoms with Crippen LogP contribution >= 0.6 is 0 Å². The molecule has 3 nitrogen and oxygen atoms in total. The number of aliphatic hydroxyl groups is 1. The summed E-state index contributed by atoms with van der Waals surface area (Å²) in [6.45, 7) is 6.66. The first-order chi connectivity index (χ1) is 7.56. The quantitative estimate of drug-likeness (QED) is 0.816. The molecule has 0 saturated carbocycles. The van der Waals surface area contributed by atoms with E-state index in [9.17, 15) is 5.11 Å². The van der Waals surface area contributed by atoms with Gasteiger partial charge in [0.1, 0.15) is 5.75 Å². The van der Waals surface area contributed by atoms with E-state index in [4.69, 9.17) is 10.5 Å². The molecule has 1 unspecified atom stereocenters. The predicted octanol–water partition coefficient (Wildman–Crippen LogP) is 1.66. The Labute approximate surface area is 97.2 Å². The van der Waals surface area contributed by atoms with Crippen LogP contribution in [0.25, 0.3) is 0 Å². The highest BCUT2D eigenvalue weighted by Gasteiger charge is 2.17. The summed E-state index contributed by atoms with van der Waals surface area (Å²) in [7, 11) is 1.67. The van der Waals surface area contributed by atoms with Crippen LogP contribution in [0.15, 0.2) is 6.07 Å². The smallest absolute Gasteiger partial charge is 0.122 e. The van der Waals surface area contributed by atoms with Crippen molar-refractivity contribution in [1.29, 1.82) is 0 Å². The molecule has 0 aromatic heterocycles. The SMILES string of the molecule is COc1cc(C)c(C(CN)CO)c(C)c1C. The van der Waals surface area contributed by atoms with Crippen LogP contribution in [-0.4, -0.2) is 25.4 Å². The lowest BCUT2D eigenvalue weighted by atomic mass is 9.88. The monoisotopic (exact) mass is 223 g/mol. The first kappa shape index (κ1) is 13.0. The molecule has 0 radical (unpaired) electrons. The maximum atomic E-state index is 9.33. The number of benzene rings is 1. The Morgan fingerprint density at radius 1 is 1.31 bits per heavy atom. The van der Waals surface area contributed by atoms with Gasteiger partial charge in [-0.2, -0.15) is 0 Å². The van der Waals surface area contributed by atoms with E-state index in [-0.39, 0.29) is 12.5 Å². The van der Waals surface area contributed by atoms with Gasteiger partial charge in [-0.1, -0.05) is 0 Å². The number of methoxy groups -OCH3 is 1. The van der Waals surface area contributed by atoms with Crippen molar-refractivity contribution in [2.24, 2.45) is 5.73 Å². The maximum Gasteiger partial charge on any atom is 0.122 e. The Kier molecular flexibility index (Phi) is 4.33. The van der Waals surface area contributed by atoms with Gasteiger partial charge >= 0.3 is 0 Å². The molecule has 1 rings (SSSR count). The Balaban J connectivity index is 3.35. The largest absolute Gasteiger partial charge is 0.496 e. The van der Waals surface area contributed by atoms with Crippen molar-refractivity contribution >= 4 is 0 Å². The Morgan fingerprint density at radius 3 is 2.38 bits per heavy atom. The molecule has 3 heteroatoms. The van der Waals surface area contributed by atoms with Crippen molar-refractivity contribution in [3.8, 4) is 5.75 Å². The third-order valence-corrected chi connectivity index (χ3v) is 3.24. The zero-order valence-corrected chi connectivity index (χ0v) is 10.5. The first-order valence-electron chi connectivity index (χ1n) is 5.52. The highest BCUT2D eigenvalue weighted by molar-refractivity contribution is 5.49. The number of hydrogen-bond donors (Lipinski definition) is 2. The minimum absolute atomic E-state index is 0.0182. The Bertz CT molecular complexity index is 371. The summed E-state index contributed by atoms with van der Waals surface area (Å²) in [5, 5.41) is 9.33. The number of aryl methyl sites for hydroxylation is 1. The topological polar surface area (TPSA) is 55.5 Å². The number of nitrogens with two attached hydrogens (primary N) is 1. The molecule has 90 valence electrons. The molecule has 0 aliphatic carbocycles. The van der Waals surface area contributed by atoms with Crippen LogP contribution in [0, 0.1) is 20.8 Å². The second-order valence-electron chi connectivity index (χ2n) is 4.17. The van der Waals surface area contributed by atoms with E-state index in [1.54, 1.807) is 7.11 Å². The highest BCUT2D eigenvalue weighted by atomic mass is 16.5. The molecule has 1 aromatic carbocycles. The molecular weight excluding hydrogens is 202 g/mol. The second-order valence-corrected chi connectivity index (χ2v) is 4.17. The van der Waals surface area contributed by atoms with Gasteiger partial charge in [-0.15, -0.1) is 0 Å². The molecule has 0 heterocycles. The van der Waals surface area contributed by atoms with Crippen LogP contribution in [-0.2, 0) is 0 Å². The Hall–Kier alpha value is -1.06. The molecule has 0 aliphatic rings. The van der Waals surface area contributed by atoms with Crippen molar-refractivity contribution in [3.05, 3.63) is 28.3 Å². The third-order valence-electron chi connectivity index (χ3n) is 3.24. The van der Waals surface area contributed by atoms with Crippen molar-refractivity contribution in [1.82, 2.24) is 0 Å². The maximum absolute atomic E-state index is 9.33. The van der Waals surface area contributed by atoms with Gasteiger partial charge < -0.3 is 15.6 Å². The van der Waals surface area contributed by atoms with Crippen molar-refractivity contribution < 1.29 is 9.84 Å². The third kappa shape index (κ3) is 2.20. The fraction of sp³-hybridized carbons (Fsp3) is 0.538. The van der Waals surface area contributed by atoms with Crippen LogP contribution in [0.1, 0.15) is 28.2 Å². The number of ether oxygens (including phenoxy) is 1.